The fourth-order valence-corrected chi connectivity index (χ4v) is 4.83. The summed E-state index contributed by atoms with van der Waals surface area (Å²) in [7, 11) is 0. The van der Waals surface area contributed by atoms with Crippen LogP contribution in [0.3, 0.4) is 0 Å². The molecular formula is C29H30F4O. The molecule has 3 aromatic carbocycles. The highest BCUT2D eigenvalue weighted by Crippen LogP contribution is 2.39. The number of rotatable bonds is 7. The average molecular weight is 471 g/mol. The van der Waals surface area contributed by atoms with E-state index in [1.54, 1.807) is 12.1 Å². The van der Waals surface area contributed by atoms with Crippen molar-refractivity contribution in [2.45, 2.75) is 58.3 Å². The lowest BCUT2D eigenvalue weighted by Gasteiger charge is -2.29. The average Bonchev–Trinajstić information content (AvgIpc) is 2.85. The third-order valence-electron chi connectivity index (χ3n) is 6.92. The lowest BCUT2D eigenvalue weighted by Crippen LogP contribution is -2.20. The lowest BCUT2D eigenvalue weighted by atomic mass is 9.78. The molecule has 0 amide bonds. The Kier molecular flexibility index (Phi) is 7.60. The highest BCUT2D eigenvalue weighted by molar-refractivity contribution is 5.65. The monoisotopic (exact) mass is 470 g/mol. The summed E-state index contributed by atoms with van der Waals surface area (Å²) in [4.78, 5) is 0. The normalized spacial score (nSPS) is 18.2. The van der Waals surface area contributed by atoms with E-state index >= 15 is 4.39 Å². The van der Waals surface area contributed by atoms with Crippen LogP contribution in [0.5, 0.6) is 5.75 Å². The van der Waals surface area contributed by atoms with Crippen molar-refractivity contribution in [3.05, 3.63) is 88.5 Å². The van der Waals surface area contributed by atoms with E-state index in [0.29, 0.717) is 24.0 Å². The van der Waals surface area contributed by atoms with Gasteiger partial charge >= 0.3 is 0 Å². The van der Waals surface area contributed by atoms with Crippen molar-refractivity contribution in [3.8, 4) is 16.9 Å². The summed E-state index contributed by atoms with van der Waals surface area (Å²) in [6.45, 7) is 3.88. The smallest absolute Gasteiger partial charge is 0.200 e. The Hall–Kier alpha value is -2.82. The predicted octanol–water partition coefficient (Wildman–Crippen LogP) is 8.52. The molecule has 1 nitrogen and oxygen atoms in total. The zero-order valence-electron chi connectivity index (χ0n) is 19.6. The maximum Gasteiger partial charge on any atom is 0.200 e. The first-order chi connectivity index (χ1) is 16.4. The van der Waals surface area contributed by atoms with E-state index < -0.39 is 23.3 Å². The van der Waals surface area contributed by atoms with Gasteiger partial charge < -0.3 is 4.74 Å². The Morgan fingerprint density at radius 1 is 0.765 bits per heavy atom. The zero-order chi connectivity index (χ0) is 24.2. The Labute approximate surface area is 198 Å². The summed E-state index contributed by atoms with van der Waals surface area (Å²) >= 11 is 0. The molecule has 1 saturated carbocycles. The van der Waals surface area contributed by atoms with Crippen molar-refractivity contribution < 1.29 is 22.3 Å². The van der Waals surface area contributed by atoms with E-state index in [2.05, 4.69) is 6.92 Å². The van der Waals surface area contributed by atoms with E-state index in [1.807, 2.05) is 24.3 Å². The van der Waals surface area contributed by atoms with Crippen molar-refractivity contribution in [1.29, 1.82) is 0 Å². The summed E-state index contributed by atoms with van der Waals surface area (Å²) < 4.78 is 63.3. The van der Waals surface area contributed by atoms with Gasteiger partial charge in [0.1, 0.15) is 0 Å². The van der Waals surface area contributed by atoms with E-state index in [-0.39, 0.29) is 35.3 Å². The van der Waals surface area contributed by atoms with Crippen molar-refractivity contribution in [1.82, 2.24) is 0 Å². The van der Waals surface area contributed by atoms with Crippen molar-refractivity contribution in [2.24, 2.45) is 5.92 Å². The van der Waals surface area contributed by atoms with Crippen LogP contribution < -0.4 is 4.74 Å². The first-order valence-corrected chi connectivity index (χ1v) is 12.0. The topological polar surface area (TPSA) is 9.23 Å². The van der Waals surface area contributed by atoms with Gasteiger partial charge in [-0.25, -0.2) is 13.2 Å². The van der Waals surface area contributed by atoms with E-state index in [1.165, 1.54) is 24.6 Å². The molecule has 0 saturated heterocycles. The van der Waals surface area contributed by atoms with Gasteiger partial charge in [-0.1, -0.05) is 55.8 Å². The van der Waals surface area contributed by atoms with Crippen LogP contribution in [0.25, 0.3) is 11.1 Å². The van der Waals surface area contributed by atoms with Gasteiger partial charge in [0.15, 0.2) is 23.2 Å². The maximum atomic E-state index is 15.0. The standard InChI is InChI=1S/C29H30F4O/c1-3-4-19-6-10-21(11-7-19)23-14-15-24(28(32)27(23)31)22-12-8-20(9-13-22)17-34-25-16-5-18(2)26(30)29(25)33/h5-7,10-11,14-16,20,22H,3-4,8-9,12-13,17H2,1-2H3. The van der Waals surface area contributed by atoms with Gasteiger partial charge in [-0.05, 0) is 79.2 Å². The molecule has 3 aromatic rings. The molecule has 0 N–H and O–H groups in total. The molecule has 1 fully saturated rings. The molecule has 0 bridgehead atoms. The minimum absolute atomic E-state index is 0.0692. The van der Waals surface area contributed by atoms with Crippen LogP contribution in [-0.4, -0.2) is 6.61 Å². The van der Waals surface area contributed by atoms with Crippen LogP contribution in [0.1, 0.15) is 61.6 Å². The van der Waals surface area contributed by atoms with Crippen LogP contribution >= 0.6 is 0 Å². The van der Waals surface area contributed by atoms with Gasteiger partial charge in [0, 0.05) is 5.56 Å². The number of halogens is 4. The highest BCUT2D eigenvalue weighted by atomic mass is 19.2. The summed E-state index contributed by atoms with van der Waals surface area (Å²) in [5.41, 5.74) is 2.77. The fourth-order valence-electron chi connectivity index (χ4n) is 4.83. The number of ether oxygens (including phenoxy) is 1. The molecule has 0 aromatic heterocycles. The van der Waals surface area contributed by atoms with Crippen LogP contribution in [0.4, 0.5) is 17.6 Å². The Morgan fingerprint density at radius 3 is 2.15 bits per heavy atom. The summed E-state index contributed by atoms with van der Waals surface area (Å²) in [5, 5.41) is 0. The zero-order valence-corrected chi connectivity index (χ0v) is 19.6. The van der Waals surface area contributed by atoms with Gasteiger partial charge in [-0.15, -0.1) is 0 Å². The SMILES string of the molecule is CCCc1ccc(-c2ccc(C3CCC(COc4ccc(C)c(F)c4F)CC3)c(F)c2F)cc1. The van der Waals surface area contributed by atoms with Crippen molar-refractivity contribution >= 4 is 0 Å². The molecule has 1 aliphatic rings. The molecule has 180 valence electrons. The molecule has 0 atom stereocenters. The van der Waals surface area contributed by atoms with Crippen LogP contribution in [0, 0.1) is 36.1 Å². The van der Waals surface area contributed by atoms with Gasteiger partial charge in [0.05, 0.1) is 6.61 Å². The Morgan fingerprint density at radius 2 is 1.47 bits per heavy atom. The van der Waals surface area contributed by atoms with Crippen LogP contribution in [0.15, 0.2) is 48.5 Å². The fraction of sp³-hybridized carbons (Fsp3) is 0.379. The third kappa shape index (κ3) is 5.13. The largest absolute Gasteiger partial charge is 0.490 e. The van der Waals surface area contributed by atoms with Crippen LogP contribution in [0.2, 0.25) is 0 Å². The molecule has 0 heterocycles. The molecule has 0 aliphatic heterocycles. The summed E-state index contributed by atoms with van der Waals surface area (Å²) in [6.07, 6.45) is 4.89. The minimum atomic E-state index is -0.966. The second-order valence-corrected chi connectivity index (χ2v) is 9.31. The van der Waals surface area contributed by atoms with Gasteiger partial charge in [0.2, 0.25) is 5.82 Å². The molecule has 0 radical (unpaired) electrons. The first kappa shape index (κ1) is 24.3. The number of hydrogen-bond acceptors (Lipinski definition) is 1. The second kappa shape index (κ2) is 10.6. The molecule has 0 spiro atoms. The first-order valence-electron chi connectivity index (χ1n) is 12.0. The lowest BCUT2D eigenvalue weighted by molar-refractivity contribution is 0.191. The molecule has 1 aliphatic carbocycles. The quantitative estimate of drug-likeness (QED) is 0.315. The van der Waals surface area contributed by atoms with Crippen molar-refractivity contribution in [3.63, 3.8) is 0 Å². The third-order valence-corrected chi connectivity index (χ3v) is 6.92. The number of aryl methyl sites for hydroxylation is 2. The minimum Gasteiger partial charge on any atom is -0.490 e. The van der Waals surface area contributed by atoms with Gasteiger partial charge in [-0.2, -0.15) is 4.39 Å². The molecule has 34 heavy (non-hydrogen) atoms. The van der Waals surface area contributed by atoms with E-state index in [0.717, 1.165) is 25.7 Å². The van der Waals surface area contributed by atoms with Crippen molar-refractivity contribution in [2.75, 3.05) is 6.61 Å². The maximum absolute atomic E-state index is 15.0. The molecular weight excluding hydrogens is 440 g/mol. The molecule has 4 rings (SSSR count). The molecule has 5 heteroatoms. The number of benzene rings is 3. The van der Waals surface area contributed by atoms with Gasteiger partial charge in [-0.3, -0.25) is 0 Å². The highest BCUT2D eigenvalue weighted by Gasteiger charge is 2.27. The second-order valence-electron chi connectivity index (χ2n) is 9.31. The number of hydrogen-bond donors (Lipinski definition) is 0. The Bertz CT molecular complexity index is 1130. The van der Waals surface area contributed by atoms with E-state index in [4.69, 9.17) is 4.74 Å². The summed E-state index contributed by atoms with van der Waals surface area (Å²) in [6, 6.07) is 13.9. The van der Waals surface area contributed by atoms with Crippen LogP contribution in [-0.2, 0) is 6.42 Å². The Balaban J connectivity index is 1.38. The van der Waals surface area contributed by atoms with Gasteiger partial charge in [0.25, 0.3) is 0 Å². The summed E-state index contributed by atoms with van der Waals surface area (Å²) in [5.74, 6) is -3.42. The van der Waals surface area contributed by atoms with E-state index in [9.17, 15) is 13.2 Å². The molecule has 0 unspecified atom stereocenters. The predicted molar refractivity (Wildman–Crippen MR) is 127 cm³/mol.